The summed E-state index contributed by atoms with van der Waals surface area (Å²) in [5, 5.41) is 22.6. The van der Waals surface area contributed by atoms with Crippen LogP contribution in [-0.4, -0.2) is 20.6 Å². The molecule has 1 heterocycles. The number of carbonyl (C=O) groups is 1. The Labute approximate surface area is 168 Å². The first kappa shape index (κ1) is 20.5. The normalized spacial score (nSPS) is 13.7. The second-order valence-corrected chi connectivity index (χ2v) is 8.21. The molecular weight excluding hydrogens is 371 g/mol. The van der Waals surface area contributed by atoms with E-state index >= 15 is 0 Å². The molecule has 0 aliphatic carbocycles. The minimum absolute atomic E-state index is 0.0900. The minimum Gasteiger partial charge on any atom is -0.385 e. The molecule has 6 nitrogen and oxygen atoms in total. The number of nitrogens with zero attached hydrogens (tertiary/aromatic N) is 3. The number of nitriles is 1. The second-order valence-electron chi connectivity index (χ2n) is 8.21. The van der Waals surface area contributed by atoms with E-state index in [4.69, 9.17) is 5.26 Å². The van der Waals surface area contributed by atoms with Gasteiger partial charge in [-0.2, -0.15) is 5.26 Å². The summed E-state index contributed by atoms with van der Waals surface area (Å²) in [5.74, 6) is -0.972. The first-order chi connectivity index (χ1) is 13.5. The summed E-state index contributed by atoms with van der Waals surface area (Å²) >= 11 is 0. The Bertz CT molecular complexity index is 1110. The average Bonchev–Trinajstić information content (AvgIpc) is 3.01. The Morgan fingerprint density at radius 1 is 1.21 bits per heavy atom. The van der Waals surface area contributed by atoms with E-state index in [-0.39, 0.29) is 23.4 Å². The number of halogens is 1. The predicted octanol–water partition coefficient (Wildman–Crippen LogP) is 4.04. The van der Waals surface area contributed by atoms with Gasteiger partial charge in [-0.3, -0.25) is 10.1 Å². The third-order valence-electron chi connectivity index (χ3n) is 4.70. The molecule has 3 aromatic rings. The number of fused-ring (bicyclic) bond motifs is 1. The van der Waals surface area contributed by atoms with E-state index in [1.807, 2.05) is 32.9 Å². The number of hydrogen-bond acceptors (Lipinski definition) is 4. The smallest absolute Gasteiger partial charge is 0.229 e. The van der Waals surface area contributed by atoms with Gasteiger partial charge in [-0.15, -0.1) is 0 Å². The Morgan fingerprint density at radius 2 is 1.86 bits per heavy atom. The highest BCUT2D eigenvalue weighted by atomic mass is 19.1. The van der Waals surface area contributed by atoms with Crippen LogP contribution in [0.1, 0.15) is 45.2 Å². The molecule has 29 heavy (non-hydrogen) atoms. The fourth-order valence-corrected chi connectivity index (χ4v) is 3.33. The SMILES string of the molecule is CC(C)(C)n1c(NC(=O)C[C@@](C)(O)c2ccccc2)nc2ccc(C#N)c(F)c21. The van der Waals surface area contributed by atoms with Gasteiger partial charge in [0.05, 0.1) is 23.1 Å². The minimum atomic E-state index is -1.37. The van der Waals surface area contributed by atoms with Gasteiger partial charge in [0.15, 0.2) is 5.82 Å². The summed E-state index contributed by atoms with van der Waals surface area (Å²) in [6, 6.07) is 13.6. The lowest BCUT2D eigenvalue weighted by atomic mass is 9.92. The number of rotatable bonds is 4. The molecule has 150 valence electrons. The van der Waals surface area contributed by atoms with Gasteiger partial charge in [-0.05, 0) is 45.4 Å². The highest BCUT2D eigenvalue weighted by Gasteiger charge is 2.29. The summed E-state index contributed by atoms with van der Waals surface area (Å²) in [7, 11) is 0. The molecule has 1 amide bonds. The summed E-state index contributed by atoms with van der Waals surface area (Å²) in [5.41, 5.74) is -0.975. The van der Waals surface area contributed by atoms with Crippen LogP contribution in [0.2, 0.25) is 0 Å². The van der Waals surface area contributed by atoms with E-state index in [1.165, 1.54) is 6.07 Å². The fraction of sp³-hybridized carbons (Fsp3) is 0.318. The van der Waals surface area contributed by atoms with Gasteiger partial charge in [0, 0.05) is 5.54 Å². The number of hydrogen-bond donors (Lipinski definition) is 2. The van der Waals surface area contributed by atoms with E-state index in [0.29, 0.717) is 11.1 Å². The van der Waals surface area contributed by atoms with E-state index < -0.39 is 22.9 Å². The molecule has 1 atom stereocenters. The molecule has 0 bridgehead atoms. The highest BCUT2D eigenvalue weighted by Crippen LogP contribution is 2.32. The van der Waals surface area contributed by atoms with Gasteiger partial charge >= 0.3 is 0 Å². The topological polar surface area (TPSA) is 90.9 Å². The van der Waals surface area contributed by atoms with Crippen molar-refractivity contribution in [1.29, 1.82) is 5.26 Å². The zero-order chi connectivity index (χ0) is 21.4. The van der Waals surface area contributed by atoms with Gasteiger partial charge in [0.1, 0.15) is 11.6 Å². The molecule has 2 N–H and O–H groups in total. The summed E-state index contributed by atoms with van der Waals surface area (Å²) in [6.07, 6.45) is -0.198. The Hall–Kier alpha value is -3.24. The van der Waals surface area contributed by atoms with Crippen molar-refractivity contribution in [3.63, 3.8) is 0 Å². The number of carbonyl (C=O) groups excluding carboxylic acids is 1. The van der Waals surface area contributed by atoms with E-state index in [0.717, 1.165) is 0 Å². The quantitative estimate of drug-likeness (QED) is 0.699. The Balaban J connectivity index is 1.99. The maximum atomic E-state index is 14.9. The zero-order valence-corrected chi connectivity index (χ0v) is 16.8. The van der Waals surface area contributed by atoms with Crippen LogP contribution in [0.3, 0.4) is 0 Å². The first-order valence-corrected chi connectivity index (χ1v) is 9.24. The Kier molecular flexibility index (Phi) is 5.16. The molecule has 1 aromatic heterocycles. The van der Waals surface area contributed by atoms with Crippen molar-refractivity contribution in [1.82, 2.24) is 9.55 Å². The third kappa shape index (κ3) is 3.98. The number of anilines is 1. The molecule has 2 aromatic carbocycles. The van der Waals surface area contributed by atoms with Crippen LogP contribution >= 0.6 is 0 Å². The molecule has 0 radical (unpaired) electrons. The van der Waals surface area contributed by atoms with Crippen LogP contribution in [0, 0.1) is 17.1 Å². The van der Waals surface area contributed by atoms with Gasteiger partial charge in [-0.1, -0.05) is 30.3 Å². The lowest BCUT2D eigenvalue weighted by molar-refractivity contribution is -0.120. The molecule has 0 spiro atoms. The molecule has 0 unspecified atom stereocenters. The summed E-state index contributed by atoms with van der Waals surface area (Å²) in [4.78, 5) is 17.1. The molecule has 0 saturated carbocycles. The highest BCUT2D eigenvalue weighted by molar-refractivity contribution is 5.92. The molecule has 0 fully saturated rings. The van der Waals surface area contributed by atoms with Gasteiger partial charge in [0.25, 0.3) is 0 Å². The molecule has 3 rings (SSSR count). The predicted molar refractivity (Wildman–Crippen MR) is 109 cm³/mol. The van der Waals surface area contributed by atoms with E-state index in [2.05, 4.69) is 10.3 Å². The van der Waals surface area contributed by atoms with Gasteiger partial charge in [-0.25, -0.2) is 9.37 Å². The van der Waals surface area contributed by atoms with Crippen molar-refractivity contribution in [3.8, 4) is 6.07 Å². The lowest BCUT2D eigenvalue weighted by Gasteiger charge is -2.26. The number of imidazole rings is 1. The van der Waals surface area contributed by atoms with Crippen LogP contribution < -0.4 is 5.32 Å². The first-order valence-electron chi connectivity index (χ1n) is 9.24. The number of aliphatic hydroxyl groups is 1. The van der Waals surface area contributed by atoms with Crippen LogP contribution in [0.15, 0.2) is 42.5 Å². The van der Waals surface area contributed by atoms with E-state index in [9.17, 15) is 14.3 Å². The molecular formula is C22H23FN4O2. The van der Waals surface area contributed by atoms with Gasteiger partial charge in [0.2, 0.25) is 11.9 Å². The van der Waals surface area contributed by atoms with Crippen LogP contribution in [0.25, 0.3) is 11.0 Å². The van der Waals surface area contributed by atoms with Crippen LogP contribution in [-0.2, 0) is 15.9 Å². The number of nitrogens with one attached hydrogen (secondary N) is 1. The monoisotopic (exact) mass is 394 g/mol. The van der Waals surface area contributed by atoms with Crippen molar-refractivity contribution in [2.75, 3.05) is 5.32 Å². The van der Waals surface area contributed by atoms with Crippen molar-refractivity contribution in [2.45, 2.75) is 45.3 Å². The summed E-state index contributed by atoms with van der Waals surface area (Å²) < 4.78 is 16.4. The molecule has 0 aliphatic heterocycles. The van der Waals surface area contributed by atoms with Crippen molar-refractivity contribution in [2.24, 2.45) is 0 Å². The lowest BCUT2D eigenvalue weighted by Crippen LogP contribution is -2.31. The fourth-order valence-electron chi connectivity index (χ4n) is 3.33. The van der Waals surface area contributed by atoms with Crippen molar-refractivity contribution >= 4 is 22.9 Å². The number of amides is 1. The maximum Gasteiger partial charge on any atom is 0.229 e. The number of benzene rings is 2. The third-order valence-corrected chi connectivity index (χ3v) is 4.70. The van der Waals surface area contributed by atoms with Gasteiger partial charge < -0.3 is 9.67 Å². The van der Waals surface area contributed by atoms with Crippen LogP contribution in [0.5, 0.6) is 0 Å². The second kappa shape index (κ2) is 7.30. The van der Waals surface area contributed by atoms with Crippen molar-refractivity contribution < 1.29 is 14.3 Å². The van der Waals surface area contributed by atoms with Crippen molar-refractivity contribution in [3.05, 3.63) is 59.4 Å². The number of aromatic nitrogens is 2. The summed E-state index contributed by atoms with van der Waals surface area (Å²) in [6.45, 7) is 7.11. The largest absolute Gasteiger partial charge is 0.385 e. The molecule has 0 aliphatic rings. The average molecular weight is 394 g/mol. The van der Waals surface area contributed by atoms with E-state index in [1.54, 1.807) is 41.8 Å². The Morgan fingerprint density at radius 3 is 2.45 bits per heavy atom. The maximum absolute atomic E-state index is 14.9. The molecule has 0 saturated heterocycles. The molecule has 7 heteroatoms. The zero-order valence-electron chi connectivity index (χ0n) is 16.8. The van der Waals surface area contributed by atoms with Crippen LogP contribution in [0.4, 0.5) is 10.3 Å². The standard InChI is InChI=1S/C22H23FN4O2/c1-21(2,3)27-19-16(11-10-14(13-24)18(19)23)25-20(27)26-17(28)12-22(4,29)15-8-6-5-7-9-15/h5-11,29H,12H2,1-4H3,(H,25,26,28)/t22-/m1/s1.